The fourth-order valence-electron chi connectivity index (χ4n) is 2.40. The van der Waals surface area contributed by atoms with Crippen LogP contribution >= 0.6 is 0 Å². The zero-order valence-electron chi connectivity index (χ0n) is 19.2. The third-order valence-electron chi connectivity index (χ3n) is 3.62. The molecule has 0 saturated heterocycles. The second-order valence-electron chi connectivity index (χ2n) is 8.91. The minimum Gasteiger partial charge on any atom is -0.460 e. The van der Waals surface area contributed by atoms with Gasteiger partial charge < -0.3 is 9.47 Å². The minimum absolute atomic E-state index is 0.0421. The third kappa shape index (κ3) is 10.7. The summed E-state index contributed by atoms with van der Waals surface area (Å²) in [6.45, 7) is 10.3. The SMILES string of the molecule is COOCc1ccc(S(=O)(=O)NC(CCC(=O)OC(C)(C)C)C(=O)OC(C)(C)C)cc1. The van der Waals surface area contributed by atoms with Crippen LogP contribution in [0.5, 0.6) is 0 Å². The van der Waals surface area contributed by atoms with Crippen LogP contribution < -0.4 is 4.72 Å². The van der Waals surface area contributed by atoms with Crippen molar-refractivity contribution in [3.05, 3.63) is 29.8 Å². The monoisotopic (exact) mass is 459 g/mol. The molecule has 1 unspecified atom stereocenters. The molecule has 1 aromatic carbocycles. The number of carbonyl (C=O) groups excluding carboxylic acids is 2. The fourth-order valence-corrected chi connectivity index (χ4v) is 3.62. The van der Waals surface area contributed by atoms with Gasteiger partial charge in [0.25, 0.3) is 0 Å². The number of benzene rings is 1. The first-order chi connectivity index (χ1) is 14.1. The number of hydrogen-bond acceptors (Lipinski definition) is 8. The Morgan fingerprint density at radius 1 is 0.968 bits per heavy atom. The summed E-state index contributed by atoms with van der Waals surface area (Å²) in [7, 11) is -2.68. The van der Waals surface area contributed by atoms with Crippen LogP contribution in [-0.2, 0) is 45.5 Å². The van der Waals surface area contributed by atoms with Gasteiger partial charge >= 0.3 is 11.9 Å². The highest BCUT2D eigenvalue weighted by atomic mass is 32.2. The van der Waals surface area contributed by atoms with Gasteiger partial charge in [0, 0.05) is 6.42 Å². The second kappa shape index (κ2) is 11.0. The van der Waals surface area contributed by atoms with Crippen molar-refractivity contribution in [2.75, 3.05) is 7.11 Å². The van der Waals surface area contributed by atoms with Crippen molar-refractivity contribution in [2.45, 2.75) is 83.1 Å². The Morgan fingerprint density at radius 2 is 1.52 bits per heavy atom. The predicted molar refractivity (Wildman–Crippen MR) is 113 cm³/mol. The average molecular weight is 460 g/mol. The number of rotatable bonds is 10. The van der Waals surface area contributed by atoms with Gasteiger partial charge in [-0.05, 0) is 65.7 Å². The first kappa shape index (κ1) is 27.0. The maximum absolute atomic E-state index is 12.8. The maximum atomic E-state index is 12.8. The van der Waals surface area contributed by atoms with E-state index in [0.717, 1.165) is 0 Å². The van der Waals surface area contributed by atoms with Gasteiger partial charge in [-0.1, -0.05) is 12.1 Å². The van der Waals surface area contributed by atoms with E-state index < -0.39 is 39.2 Å². The summed E-state index contributed by atoms with van der Waals surface area (Å²) < 4.78 is 38.6. The third-order valence-corrected chi connectivity index (χ3v) is 5.11. The number of nitrogens with one attached hydrogen (secondary N) is 1. The Bertz CT molecular complexity index is 836. The molecule has 9 nitrogen and oxygen atoms in total. The van der Waals surface area contributed by atoms with Gasteiger partial charge in [-0.15, -0.1) is 0 Å². The Morgan fingerprint density at radius 3 is 2.00 bits per heavy atom. The molecule has 0 aliphatic rings. The van der Waals surface area contributed by atoms with E-state index in [0.29, 0.717) is 5.56 Å². The molecule has 0 bridgehead atoms. The lowest BCUT2D eigenvalue weighted by Gasteiger charge is -2.25. The van der Waals surface area contributed by atoms with E-state index in [1.165, 1.54) is 19.2 Å². The number of carbonyl (C=O) groups is 2. The van der Waals surface area contributed by atoms with Gasteiger partial charge in [0.15, 0.2) is 0 Å². The molecular formula is C21H33NO8S. The molecule has 0 aliphatic carbocycles. The van der Waals surface area contributed by atoms with Crippen molar-refractivity contribution in [1.82, 2.24) is 4.72 Å². The van der Waals surface area contributed by atoms with Crippen LogP contribution in [0.4, 0.5) is 0 Å². The maximum Gasteiger partial charge on any atom is 0.324 e. The number of hydrogen-bond donors (Lipinski definition) is 1. The molecule has 0 amide bonds. The van der Waals surface area contributed by atoms with E-state index in [4.69, 9.17) is 14.4 Å². The van der Waals surface area contributed by atoms with E-state index in [1.54, 1.807) is 53.7 Å². The highest BCUT2D eigenvalue weighted by Crippen LogP contribution is 2.17. The predicted octanol–water partition coefficient (Wildman–Crippen LogP) is 2.88. The summed E-state index contributed by atoms with van der Waals surface area (Å²) in [5.74, 6) is -1.31. The topological polar surface area (TPSA) is 117 Å². The molecule has 31 heavy (non-hydrogen) atoms. The van der Waals surface area contributed by atoms with Crippen LogP contribution in [0.25, 0.3) is 0 Å². The molecule has 1 atom stereocenters. The van der Waals surface area contributed by atoms with Gasteiger partial charge in [0.05, 0.1) is 12.0 Å². The van der Waals surface area contributed by atoms with Crippen molar-refractivity contribution >= 4 is 22.0 Å². The zero-order chi connectivity index (χ0) is 23.9. The van der Waals surface area contributed by atoms with E-state index in [2.05, 4.69) is 9.61 Å². The molecule has 0 aromatic heterocycles. The molecule has 0 aliphatic heterocycles. The average Bonchev–Trinajstić information content (AvgIpc) is 2.60. The fraction of sp³-hybridized carbons (Fsp3) is 0.619. The first-order valence-corrected chi connectivity index (χ1v) is 11.3. The van der Waals surface area contributed by atoms with E-state index in [9.17, 15) is 18.0 Å². The van der Waals surface area contributed by atoms with Gasteiger partial charge in [0.2, 0.25) is 10.0 Å². The quantitative estimate of drug-likeness (QED) is 0.322. The Labute approximate surface area is 184 Å². The molecule has 0 spiro atoms. The molecule has 10 heteroatoms. The summed E-state index contributed by atoms with van der Waals surface area (Å²) in [6, 6.07) is 4.65. The standard InChI is InChI=1S/C21H33NO8S/c1-20(2,3)29-18(23)13-12-17(19(24)30-21(4,5)6)22-31(25,26)16-10-8-15(9-11-16)14-28-27-7/h8-11,17,22H,12-14H2,1-7H3. The van der Waals surface area contributed by atoms with Crippen molar-refractivity contribution in [2.24, 2.45) is 0 Å². The molecule has 0 radical (unpaired) electrons. The molecule has 1 N–H and O–H groups in total. The molecule has 0 saturated carbocycles. The smallest absolute Gasteiger partial charge is 0.324 e. The molecule has 0 fully saturated rings. The van der Waals surface area contributed by atoms with E-state index in [1.807, 2.05) is 0 Å². The number of esters is 2. The van der Waals surface area contributed by atoms with Gasteiger partial charge in [-0.3, -0.25) is 9.59 Å². The minimum atomic E-state index is -4.06. The van der Waals surface area contributed by atoms with Gasteiger partial charge in [0.1, 0.15) is 23.9 Å². The van der Waals surface area contributed by atoms with Crippen LogP contribution in [0.3, 0.4) is 0 Å². The normalized spacial score (nSPS) is 13.5. The highest BCUT2D eigenvalue weighted by Gasteiger charge is 2.31. The molecule has 1 rings (SSSR count). The molecule has 0 heterocycles. The first-order valence-electron chi connectivity index (χ1n) is 9.84. The van der Waals surface area contributed by atoms with Crippen molar-refractivity contribution in [3.8, 4) is 0 Å². The van der Waals surface area contributed by atoms with Gasteiger partial charge in [-0.25, -0.2) is 18.2 Å². The molecular weight excluding hydrogens is 426 g/mol. The summed E-state index contributed by atoms with van der Waals surface area (Å²) in [6.07, 6.45) is -0.264. The van der Waals surface area contributed by atoms with Crippen LogP contribution in [0, 0.1) is 0 Å². The van der Waals surface area contributed by atoms with Gasteiger partial charge in [-0.2, -0.15) is 4.72 Å². The lowest BCUT2D eigenvalue weighted by Crippen LogP contribution is -2.44. The van der Waals surface area contributed by atoms with Crippen LogP contribution in [0.2, 0.25) is 0 Å². The summed E-state index contributed by atoms with van der Waals surface area (Å²) in [4.78, 5) is 33.9. The highest BCUT2D eigenvalue weighted by molar-refractivity contribution is 7.89. The van der Waals surface area contributed by atoms with Crippen LogP contribution in [0.15, 0.2) is 29.2 Å². The largest absolute Gasteiger partial charge is 0.460 e. The Balaban J connectivity index is 2.98. The van der Waals surface area contributed by atoms with Crippen molar-refractivity contribution in [3.63, 3.8) is 0 Å². The van der Waals surface area contributed by atoms with Crippen LogP contribution in [-0.4, -0.2) is 44.7 Å². The molecule has 176 valence electrons. The van der Waals surface area contributed by atoms with E-state index >= 15 is 0 Å². The second-order valence-corrected chi connectivity index (χ2v) is 10.6. The van der Waals surface area contributed by atoms with Crippen molar-refractivity contribution < 1.29 is 37.3 Å². The Kier molecular flexibility index (Phi) is 9.62. The Hall–Kier alpha value is -2.01. The number of sulfonamides is 1. The zero-order valence-corrected chi connectivity index (χ0v) is 20.0. The number of ether oxygens (including phenoxy) is 2. The van der Waals surface area contributed by atoms with Crippen molar-refractivity contribution in [1.29, 1.82) is 0 Å². The lowest BCUT2D eigenvalue weighted by molar-refractivity contribution is -0.282. The molecule has 1 aromatic rings. The summed E-state index contributed by atoms with van der Waals surface area (Å²) in [5.41, 5.74) is -0.809. The lowest BCUT2D eigenvalue weighted by atomic mass is 10.1. The van der Waals surface area contributed by atoms with Crippen LogP contribution in [0.1, 0.15) is 59.9 Å². The summed E-state index contributed by atoms with van der Waals surface area (Å²) >= 11 is 0. The van der Waals surface area contributed by atoms with E-state index in [-0.39, 0.29) is 24.3 Å². The summed E-state index contributed by atoms with van der Waals surface area (Å²) in [5, 5.41) is 0.